The molecular weight excluding hydrogens is 216 g/mol. The van der Waals surface area contributed by atoms with Crippen molar-refractivity contribution >= 4 is 11.7 Å². The minimum Gasteiger partial charge on any atom is -0.291 e. The smallest absolute Gasteiger partial charge is 0.252 e. The van der Waals surface area contributed by atoms with Gasteiger partial charge in [0.05, 0.1) is 0 Å². The predicted molar refractivity (Wildman–Crippen MR) is 66.0 cm³/mol. The fourth-order valence-corrected chi connectivity index (χ4v) is 2.42. The van der Waals surface area contributed by atoms with Crippen LogP contribution in [-0.2, 0) is 0 Å². The van der Waals surface area contributed by atoms with Crippen LogP contribution in [0.5, 0.6) is 0 Å². The van der Waals surface area contributed by atoms with Crippen LogP contribution in [0.2, 0.25) is 0 Å². The quantitative estimate of drug-likeness (QED) is 0.596. The van der Waals surface area contributed by atoms with E-state index in [1.807, 2.05) is 0 Å². The number of anilines is 1. The Morgan fingerprint density at radius 2 is 2.47 bits per heavy atom. The first-order valence-corrected chi connectivity index (χ1v) is 5.79. The topological polar surface area (TPSA) is 70.1 Å². The zero-order chi connectivity index (χ0) is 11.8. The van der Waals surface area contributed by atoms with E-state index in [0.717, 1.165) is 12.8 Å². The summed E-state index contributed by atoms with van der Waals surface area (Å²) < 4.78 is 0. The number of rotatable bonds is 2. The minimum absolute atomic E-state index is 0.158. The molecule has 5 heteroatoms. The average Bonchev–Trinajstić information content (AvgIpc) is 2.59. The molecule has 0 unspecified atom stereocenters. The third-order valence-corrected chi connectivity index (χ3v) is 3.34. The summed E-state index contributed by atoms with van der Waals surface area (Å²) in [7, 11) is 0. The van der Waals surface area contributed by atoms with Gasteiger partial charge in [0.15, 0.2) is 0 Å². The molecule has 1 heterocycles. The lowest BCUT2D eigenvalue weighted by molar-refractivity contribution is 0.466. The van der Waals surface area contributed by atoms with Gasteiger partial charge in [0.25, 0.3) is 5.56 Å². The third kappa shape index (κ3) is 1.88. The minimum atomic E-state index is -0.158. The number of fused-ring (bicyclic) bond motifs is 1. The van der Waals surface area contributed by atoms with Gasteiger partial charge in [-0.05, 0) is 25.7 Å². The molecule has 2 aliphatic rings. The van der Waals surface area contributed by atoms with Gasteiger partial charge in [0, 0.05) is 23.4 Å². The van der Waals surface area contributed by atoms with Crippen molar-refractivity contribution in [3.8, 4) is 0 Å². The summed E-state index contributed by atoms with van der Waals surface area (Å²) in [6, 6.07) is 1.46. The van der Waals surface area contributed by atoms with Crippen molar-refractivity contribution in [3.05, 3.63) is 34.3 Å². The lowest BCUT2D eigenvalue weighted by atomic mass is 9.74. The van der Waals surface area contributed by atoms with E-state index in [1.54, 1.807) is 6.92 Å². The number of aromatic amines is 1. The first-order chi connectivity index (χ1) is 8.22. The molecule has 0 radical (unpaired) electrons. The molecule has 2 N–H and O–H groups in total. The van der Waals surface area contributed by atoms with E-state index in [-0.39, 0.29) is 5.56 Å². The van der Waals surface area contributed by atoms with E-state index in [9.17, 15) is 4.79 Å². The second kappa shape index (κ2) is 3.84. The zero-order valence-electron chi connectivity index (χ0n) is 9.60. The molecule has 1 saturated carbocycles. The fourth-order valence-electron chi connectivity index (χ4n) is 2.42. The van der Waals surface area contributed by atoms with Crippen molar-refractivity contribution in [2.24, 2.45) is 16.9 Å². The Balaban J connectivity index is 1.72. The molecule has 2 atom stereocenters. The molecule has 17 heavy (non-hydrogen) atoms. The number of hydrazone groups is 1. The highest BCUT2D eigenvalue weighted by Gasteiger charge is 2.37. The Morgan fingerprint density at radius 1 is 1.59 bits per heavy atom. The summed E-state index contributed by atoms with van der Waals surface area (Å²) in [5.41, 5.74) is 4.53. The van der Waals surface area contributed by atoms with Crippen molar-refractivity contribution in [2.45, 2.75) is 19.8 Å². The molecule has 5 nitrogen and oxygen atoms in total. The van der Waals surface area contributed by atoms with Gasteiger partial charge in [-0.25, -0.2) is 10.4 Å². The number of nitrogens with one attached hydrogen (secondary N) is 2. The van der Waals surface area contributed by atoms with Crippen LogP contribution in [0.3, 0.4) is 0 Å². The van der Waals surface area contributed by atoms with E-state index >= 15 is 0 Å². The van der Waals surface area contributed by atoms with Crippen LogP contribution in [0.25, 0.3) is 0 Å². The van der Waals surface area contributed by atoms with Crippen molar-refractivity contribution in [3.63, 3.8) is 0 Å². The Labute approximate surface area is 98.7 Å². The van der Waals surface area contributed by atoms with E-state index in [4.69, 9.17) is 0 Å². The number of aromatic nitrogens is 2. The van der Waals surface area contributed by atoms with Gasteiger partial charge in [-0.15, -0.1) is 0 Å². The van der Waals surface area contributed by atoms with E-state index < -0.39 is 0 Å². The summed E-state index contributed by atoms with van der Waals surface area (Å²) in [6.07, 6.45) is 6.58. The van der Waals surface area contributed by atoms with Crippen molar-refractivity contribution in [2.75, 3.05) is 5.43 Å². The number of H-pyrrole nitrogens is 1. The van der Waals surface area contributed by atoms with E-state index in [0.29, 0.717) is 23.5 Å². The highest BCUT2D eigenvalue weighted by Crippen LogP contribution is 2.40. The Hall–Kier alpha value is -1.91. The third-order valence-electron chi connectivity index (χ3n) is 3.34. The fraction of sp³-hybridized carbons (Fsp3) is 0.417. The number of allylic oxidation sites excluding steroid dienone is 2. The van der Waals surface area contributed by atoms with Gasteiger partial charge in [0.2, 0.25) is 5.95 Å². The predicted octanol–water partition coefficient (Wildman–Crippen LogP) is 1.44. The molecule has 0 bridgehead atoms. The molecule has 1 aromatic heterocycles. The Morgan fingerprint density at radius 3 is 3.24 bits per heavy atom. The Kier molecular flexibility index (Phi) is 2.31. The number of hydrogen-bond donors (Lipinski definition) is 2. The number of aryl methyl sites for hydroxylation is 1. The van der Waals surface area contributed by atoms with Crippen molar-refractivity contribution < 1.29 is 0 Å². The van der Waals surface area contributed by atoms with Crippen LogP contribution >= 0.6 is 0 Å². The van der Waals surface area contributed by atoms with E-state index in [2.05, 4.69) is 32.6 Å². The molecule has 0 amide bonds. The van der Waals surface area contributed by atoms with Crippen LogP contribution in [0.1, 0.15) is 18.5 Å². The SMILES string of the molecule is Cc1cc(=O)[nH]c(N/N=C2/C[C@@H]3C=CC[C@H]23)n1. The largest absolute Gasteiger partial charge is 0.291 e. The molecule has 0 aliphatic heterocycles. The molecule has 2 aliphatic carbocycles. The standard InChI is InChI=1S/C12H14N4O/c1-7-5-11(17)14-12(13-7)16-15-10-6-8-3-2-4-9(8)10/h2-3,5,8-9H,4,6H2,1H3,(H2,13,14,16,17)/b15-10-/t8-,9-/m0/s1. The second-order valence-corrected chi connectivity index (χ2v) is 4.59. The first-order valence-electron chi connectivity index (χ1n) is 5.79. The van der Waals surface area contributed by atoms with Crippen molar-refractivity contribution in [1.29, 1.82) is 0 Å². The first kappa shape index (κ1) is 10.3. The van der Waals surface area contributed by atoms with Gasteiger partial charge < -0.3 is 0 Å². The van der Waals surface area contributed by atoms with Crippen molar-refractivity contribution in [1.82, 2.24) is 9.97 Å². The Bertz CT molecular complexity index is 558. The summed E-state index contributed by atoms with van der Waals surface area (Å²) in [5.74, 6) is 1.66. The van der Waals surface area contributed by atoms with Crippen LogP contribution in [0.4, 0.5) is 5.95 Å². The van der Waals surface area contributed by atoms with Crippen LogP contribution in [0.15, 0.2) is 28.1 Å². The van der Waals surface area contributed by atoms with Gasteiger partial charge >= 0.3 is 0 Å². The molecule has 88 valence electrons. The van der Waals surface area contributed by atoms with Gasteiger partial charge in [-0.2, -0.15) is 5.10 Å². The number of nitrogens with zero attached hydrogens (tertiary/aromatic N) is 2. The molecule has 3 rings (SSSR count). The lowest BCUT2D eigenvalue weighted by Gasteiger charge is -2.31. The maximum Gasteiger partial charge on any atom is 0.252 e. The molecule has 0 saturated heterocycles. The highest BCUT2D eigenvalue weighted by atomic mass is 16.1. The van der Waals surface area contributed by atoms with E-state index in [1.165, 1.54) is 11.8 Å². The summed E-state index contributed by atoms with van der Waals surface area (Å²) in [6.45, 7) is 1.79. The second-order valence-electron chi connectivity index (χ2n) is 4.59. The average molecular weight is 230 g/mol. The monoisotopic (exact) mass is 230 g/mol. The normalized spacial score (nSPS) is 27.9. The van der Waals surface area contributed by atoms with Crippen LogP contribution < -0.4 is 11.0 Å². The van der Waals surface area contributed by atoms with Crippen LogP contribution in [0, 0.1) is 18.8 Å². The highest BCUT2D eigenvalue weighted by molar-refractivity contribution is 5.94. The molecule has 1 fully saturated rings. The maximum absolute atomic E-state index is 11.2. The summed E-state index contributed by atoms with van der Waals surface area (Å²) in [5, 5.41) is 4.32. The summed E-state index contributed by atoms with van der Waals surface area (Å²) in [4.78, 5) is 18.0. The molecular formula is C12H14N4O. The number of hydrogen-bond acceptors (Lipinski definition) is 4. The summed E-state index contributed by atoms with van der Waals surface area (Å²) >= 11 is 0. The lowest BCUT2D eigenvalue weighted by Crippen LogP contribution is -2.33. The zero-order valence-corrected chi connectivity index (χ0v) is 9.60. The van der Waals surface area contributed by atoms with Crippen LogP contribution in [-0.4, -0.2) is 15.7 Å². The van der Waals surface area contributed by atoms with Gasteiger partial charge in [-0.1, -0.05) is 12.2 Å². The molecule has 0 aromatic carbocycles. The molecule has 0 spiro atoms. The molecule has 1 aromatic rings. The van der Waals surface area contributed by atoms with Gasteiger partial charge in [-0.3, -0.25) is 9.78 Å². The maximum atomic E-state index is 11.2. The van der Waals surface area contributed by atoms with Gasteiger partial charge in [0.1, 0.15) is 0 Å².